The van der Waals surface area contributed by atoms with E-state index in [1.807, 2.05) is 13.2 Å². The number of pyridine rings is 1. The van der Waals surface area contributed by atoms with Gasteiger partial charge in [-0.15, -0.1) is 24.0 Å². The van der Waals surface area contributed by atoms with Crippen molar-refractivity contribution in [3.63, 3.8) is 0 Å². The Labute approximate surface area is 211 Å². The maximum absolute atomic E-state index is 5.54. The van der Waals surface area contributed by atoms with E-state index >= 15 is 0 Å². The SMILES string of the molecule is CN=C(NCc1ccnc(N2CCCCCC2)c1)NCC(CC(C)C)N1CCOCC1.I. The third-order valence-corrected chi connectivity index (χ3v) is 6.23. The third-order valence-electron chi connectivity index (χ3n) is 6.23. The molecule has 0 aliphatic carbocycles. The van der Waals surface area contributed by atoms with Crippen LogP contribution in [0.2, 0.25) is 0 Å². The lowest BCUT2D eigenvalue weighted by atomic mass is 10.0. The van der Waals surface area contributed by atoms with E-state index in [0.717, 1.165) is 64.3 Å². The highest BCUT2D eigenvalue weighted by atomic mass is 127. The highest BCUT2D eigenvalue weighted by Gasteiger charge is 2.22. The molecule has 7 nitrogen and oxygen atoms in total. The zero-order valence-corrected chi connectivity index (χ0v) is 22.5. The van der Waals surface area contributed by atoms with E-state index in [-0.39, 0.29) is 24.0 Å². The summed E-state index contributed by atoms with van der Waals surface area (Å²) in [5.74, 6) is 2.63. The summed E-state index contributed by atoms with van der Waals surface area (Å²) < 4.78 is 5.54. The first kappa shape index (κ1) is 27.1. The van der Waals surface area contributed by atoms with Crippen LogP contribution in [0.1, 0.15) is 51.5 Å². The number of ether oxygens (including phenoxy) is 1. The summed E-state index contributed by atoms with van der Waals surface area (Å²) in [6.07, 6.45) is 8.31. The second kappa shape index (κ2) is 14.9. The number of nitrogens with zero attached hydrogens (tertiary/aromatic N) is 4. The van der Waals surface area contributed by atoms with Crippen LogP contribution in [0.5, 0.6) is 0 Å². The lowest BCUT2D eigenvalue weighted by Gasteiger charge is -2.35. The van der Waals surface area contributed by atoms with Crippen LogP contribution < -0.4 is 15.5 Å². The van der Waals surface area contributed by atoms with E-state index in [1.54, 1.807) is 0 Å². The van der Waals surface area contributed by atoms with Crippen molar-refractivity contribution in [1.82, 2.24) is 20.5 Å². The van der Waals surface area contributed by atoms with Crippen molar-refractivity contribution < 1.29 is 4.74 Å². The van der Waals surface area contributed by atoms with Crippen LogP contribution in [0, 0.1) is 5.92 Å². The molecule has 8 heteroatoms. The molecule has 2 N–H and O–H groups in total. The van der Waals surface area contributed by atoms with Gasteiger partial charge >= 0.3 is 0 Å². The molecule has 2 fully saturated rings. The Kier molecular flexibility index (Phi) is 12.6. The number of halogens is 1. The van der Waals surface area contributed by atoms with Gasteiger partial charge < -0.3 is 20.3 Å². The Morgan fingerprint density at radius 3 is 2.47 bits per heavy atom. The number of morpholine rings is 1. The van der Waals surface area contributed by atoms with Crippen molar-refractivity contribution in [2.45, 2.75) is 58.5 Å². The Morgan fingerprint density at radius 1 is 1.09 bits per heavy atom. The molecule has 1 atom stereocenters. The largest absolute Gasteiger partial charge is 0.379 e. The minimum absolute atomic E-state index is 0. The summed E-state index contributed by atoms with van der Waals surface area (Å²) in [4.78, 5) is 14.1. The number of aromatic nitrogens is 1. The van der Waals surface area contributed by atoms with E-state index in [0.29, 0.717) is 12.0 Å². The Bertz CT molecular complexity index is 672. The summed E-state index contributed by atoms with van der Waals surface area (Å²) in [6, 6.07) is 4.82. The topological polar surface area (TPSA) is 65.0 Å². The van der Waals surface area contributed by atoms with Crippen LogP contribution in [-0.2, 0) is 11.3 Å². The first-order valence-corrected chi connectivity index (χ1v) is 12.1. The van der Waals surface area contributed by atoms with E-state index in [9.17, 15) is 0 Å². The number of hydrogen-bond donors (Lipinski definition) is 2. The van der Waals surface area contributed by atoms with E-state index < -0.39 is 0 Å². The van der Waals surface area contributed by atoms with Crippen molar-refractivity contribution in [2.75, 3.05) is 57.9 Å². The molecular formula is C24H43IN6O. The van der Waals surface area contributed by atoms with Crippen molar-refractivity contribution >= 4 is 35.8 Å². The molecule has 1 unspecified atom stereocenters. The fourth-order valence-electron chi connectivity index (χ4n) is 4.51. The van der Waals surface area contributed by atoms with Crippen LogP contribution in [0.15, 0.2) is 23.3 Å². The van der Waals surface area contributed by atoms with Crippen LogP contribution in [0.4, 0.5) is 5.82 Å². The molecule has 3 heterocycles. The molecule has 2 aliphatic rings. The predicted octanol–water partition coefficient (Wildman–Crippen LogP) is 3.49. The summed E-state index contributed by atoms with van der Waals surface area (Å²) in [6.45, 7) is 12.2. The summed E-state index contributed by atoms with van der Waals surface area (Å²) in [5.41, 5.74) is 1.24. The lowest BCUT2D eigenvalue weighted by Crippen LogP contribution is -2.50. The molecule has 0 spiro atoms. The van der Waals surface area contributed by atoms with Gasteiger partial charge in [-0.05, 0) is 42.9 Å². The molecule has 0 bridgehead atoms. The van der Waals surface area contributed by atoms with Crippen LogP contribution in [0.25, 0.3) is 0 Å². The third kappa shape index (κ3) is 9.02. The first-order valence-electron chi connectivity index (χ1n) is 12.1. The number of guanidine groups is 1. The van der Waals surface area contributed by atoms with Gasteiger partial charge in [0.25, 0.3) is 0 Å². The molecule has 32 heavy (non-hydrogen) atoms. The summed E-state index contributed by atoms with van der Waals surface area (Å²) in [7, 11) is 1.84. The Balaban J connectivity index is 0.00000363. The average molecular weight is 559 g/mol. The average Bonchev–Trinajstić information content (AvgIpc) is 3.08. The van der Waals surface area contributed by atoms with Gasteiger partial charge in [-0.3, -0.25) is 9.89 Å². The minimum atomic E-state index is 0. The standard InChI is InChI=1S/C24H42N6O.HI/c1-20(2)16-22(29-12-14-31-15-13-29)19-28-24(25-3)27-18-21-8-9-26-23(17-21)30-10-6-4-5-7-11-30;/h8-9,17,20,22H,4-7,10-16,18-19H2,1-3H3,(H2,25,27,28);1H. The van der Waals surface area contributed by atoms with Crippen molar-refractivity contribution in [2.24, 2.45) is 10.9 Å². The highest BCUT2D eigenvalue weighted by Crippen LogP contribution is 2.18. The Hall–Kier alpha value is -1.13. The molecule has 1 aromatic heterocycles. The quantitative estimate of drug-likeness (QED) is 0.290. The van der Waals surface area contributed by atoms with Crippen molar-refractivity contribution in [1.29, 1.82) is 0 Å². The summed E-state index contributed by atoms with van der Waals surface area (Å²) >= 11 is 0. The molecule has 0 radical (unpaired) electrons. The number of anilines is 1. The lowest BCUT2D eigenvalue weighted by molar-refractivity contribution is 0.0132. The van der Waals surface area contributed by atoms with E-state index in [1.165, 1.54) is 37.7 Å². The van der Waals surface area contributed by atoms with Crippen LogP contribution in [0.3, 0.4) is 0 Å². The smallest absolute Gasteiger partial charge is 0.191 e. The van der Waals surface area contributed by atoms with Gasteiger partial charge in [0.1, 0.15) is 5.82 Å². The maximum atomic E-state index is 5.54. The second-order valence-corrected chi connectivity index (χ2v) is 9.16. The molecule has 3 rings (SSSR count). The molecule has 0 aromatic carbocycles. The van der Waals surface area contributed by atoms with Crippen LogP contribution >= 0.6 is 24.0 Å². The van der Waals surface area contributed by atoms with Gasteiger partial charge in [0, 0.05) is 58.6 Å². The zero-order valence-electron chi connectivity index (χ0n) is 20.2. The van der Waals surface area contributed by atoms with Crippen molar-refractivity contribution in [3.05, 3.63) is 23.9 Å². The molecular weight excluding hydrogens is 515 g/mol. The fraction of sp³-hybridized carbons (Fsp3) is 0.750. The monoisotopic (exact) mass is 558 g/mol. The fourth-order valence-corrected chi connectivity index (χ4v) is 4.51. The van der Waals surface area contributed by atoms with Gasteiger partial charge in [0.15, 0.2) is 5.96 Å². The molecule has 2 aliphatic heterocycles. The first-order chi connectivity index (χ1) is 15.2. The normalized spacial score (nSPS) is 19.2. The van der Waals surface area contributed by atoms with Gasteiger partial charge in [0.2, 0.25) is 0 Å². The number of rotatable bonds is 8. The van der Waals surface area contributed by atoms with E-state index in [2.05, 4.69) is 56.4 Å². The molecule has 0 saturated carbocycles. The number of nitrogens with one attached hydrogen (secondary N) is 2. The maximum Gasteiger partial charge on any atom is 0.191 e. The Morgan fingerprint density at radius 2 is 1.81 bits per heavy atom. The molecule has 1 aromatic rings. The molecule has 0 amide bonds. The van der Waals surface area contributed by atoms with Gasteiger partial charge in [0.05, 0.1) is 13.2 Å². The molecule has 182 valence electrons. The van der Waals surface area contributed by atoms with Gasteiger partial charge in [-0.1, -0.05) is 26.7 Å². The number of hydrogen-bond acceptors (Lipinski definition) is 5. The predicted molar refractivity (Wildman–Crippen MR) is 144 cm³/mol. The minimum Gasteiger partial charge on any atom is -0.379 e. The highest BCUT2D eigenvalue weighted by molar-refractivity contribution is 14.0. The van der Waals surface area contributed by atoms with Crippen LogP contribution in [-0.4, -0.2) is 74.9 Å². The number of aliphatic imine (C=N–C) groups is 1. The van der Waals surface area contributed by atoms with Gasteiger partial charge in [-0.25, -0.2) is 4.98 Å². The van der Waals surface area contributed by atoms with Gasteiger partial charge in [-0.2, -0.15) is 0 Å². The summed E-state index contributed by atoms with van der Waals surface area (Å²) in [5, 5.41) is 7.05. The second-order valence-electron chi connectivity index (χ2n) is 9.16. The van der Waals surface area contributed by atoms with E-state index in [4.69, 9.17) is 4.74 Å². The molecule has 2 saturated heterocycles. The van der Waals surface area contributed by atoms with Crippen molar-refractivity contribution in [3.8, 4) is 0 Å². The zero-order chi connectivity index (χ0) is 21.9.